The van der Waals surface area contributed by atoms with Gasteiger partial charge in [0.1, 0.15) is 0 Å². The number of benzene rings is 1. The number of hydrogen-bond donors (Lipinski definition) is 1. The van der Waals surface area contributed by atoms with Gasteiger partial charge < -0.3 is 10.2 Å². The topological polar surface area (TPSA) is 15.3 Å². The van der Waals surface area contributed by atoms with E-state index in [2.05, 4.69) is 53.7 Å². The van der Waals surface area contributed by atoms with Gasteiger partial charge in [0.15, 0.2) is 0 Å². The monoisotopic (exact) mass is 306 g/mol. The molecule has 2 nitrogen and oxygen atoms in total. The number of thioether (sulfide) groups is 1. The summed E-state index contributed by atoms with van der Waals surface area (Å²) in [7, 11) is 0. The minimum Gasteiger partial charge on any atom is -0.314 e. The fourth-order valence-corrected chi connectivity index (χ4v) is 3.25. The molecule has 21 heavy (non-hydrogen) atoms. The quantitative estimate of drug-likeness (QED) is 0.792. The molecule has 1 N–H and O–H groups in total. The third-order valence-electron chi connectivity index (χ3n) is 4.53. The molecular weight excluding hydrogens is 276 g/mol. The van der Waals surface area contributed by atoms with Gasteiger partial charge in [-0.3, -0.25) is 0 Å². The van der Waals surface area contributed by atoms with Crippen molar-refractivity contribution in [2.75, 3.05) is 32.4 Å². The Morgan fingerprint density at radius 2 is 1.95 bits per heavy atom. The Morgan fingerprint density at radius 3 is 2.62 bits per heavy atom. The third-order valence-corrected chi connectivity index (χ3v) is 5.57. The van der Waals surface area contributed by atoms with Crippen molar-refractivity contribution >= 4 is 11.8 Å². The van der Waals surface area contributed by atoms with Crippen molar-refractivity contribution in [2.45, 2.75) is 43.9 Å². The van der Waals surface area contributed by atoms with Crippen LogP contribution in [0.1, 0.15) is 31.7 Å². The molecule has 0 aliphatic carbocycles. The highest BCUT2D eigenvalue weighted by molar-refractivity contribution is 7.99. The zero-order valence-corrected chi connectivity index (χ0v) is 14.4. The Labute approximate surface area is 134 Å². The molecular formula is C18H30N2S. The molecule has 0 amide bonds. The van der Waals surface area contributed by atoms with Crippen molar-refractivity contribution in [3.05, 3.63) is 35.9 Å². The van der Waals surface area contributed by atoms with Crippen molar-refractivity contribution in [2.24, 2.45) is 0 Å². The summed E-state index contributed by atoms with van der Waals surface area (Å²) in [5.74, 6) is 0. The molecule has 1 aromatic rings. The smallest absolute Gasteiger partial charge is 0.00914 e. The van der Waals surface area contributed by atoms with Gasteiger partial charge in [-0.25, -0.2) is 0 Å². The lowest BCUT2D eigenvalue weighted by Crippen LogP contribution is -2.43. The van der Waals surface area contributed by atoms with E-state index >= 15 is 0 Å². The summed E-state index contributed by atoms with van der Waals surface area (Å²) in [4.78, 5) is 2.62. The van der Waals surface area contributed by atoms with Crippen LogP contribution in [-0.2, 0) is 6.42 Å². The SMILES string of the molecule is CSC(C)CCNC1CCN(CCc2ccccc2)CC1. The maximum Gasteiger partial charge on any atom is 0.00914 e. The van der Waals surface area contributed by atoms with Crippen molar-refractivity contribution in [1.29, 1.82) is 0 Å². The highest BCUT2D eigenvalue weighted by Gasteiger charge is 2.18. The number of piperidine rings is 1. The highest BCUT2D eigenvalue weighted by atomic mass is 32.2. The van der Waals surface area contributed by atoms with Crippen molar-refractivity contribution in [3.8, 4) is 0 Å². The predicted octanol–water partition coefficient (Wildman–Crippen LogP) is 3.42. The van der Waals surface area contributed by atoms with Crippen LogP contribution in [0.5, 0.6) is 0 Å². The van der Waals surface area contributed by atoms with Gasteiger partial charge >= 0.3 is 0 Å². The first-order chi connectivity index (χ1) is 10.3. The van der Waals surface area contributed by atoms with Gasteiger partial charge in [0.25, 0.3) is 0 Å². The first-order valence-electron chi connectivity index (χ1n) is 8.30. The lowest BCUT2D eigenvalue weighted by molar-refractivity contribution is 0.200. The lowest BCUT2D eigenvalue weighted by Gasteiger charge is -2.32. The van der Waals surface area contributed by atoms with Crippen LogP contribution in [-0.4, -0.2) is 48.6 Å². The molecule has 118 valence electrons. The van der Waals surface area contributed by atoms with E-state index in [0.29, 0.717) is 0 Å². The molecule has 0 bridgehead atoms. The molecule has 1 unspecified atom stereocenters. The Balaban J connectivity index is 1.58. The fourth-order valence-electron chi connectivity index (χ4n) is 2.90. The van der Waals surface area contributed by atoms with Gasteiger partial charge in [-0.05, 0) is 57.1 Å². The molecule has 0 aromatic heterocycles. The number of nitrogens with zero attached hydrogens (tertiary/aromatic N) is 1. The number of rotatable bonds is 8. The predicted molar refractivity (Wildman–Crippen MR) is 95.2 cm³/mol. The van der Waals surface area contributed by atoms with Crippen molar-refractivity contribution in [3.63, 3.8) is 0 Å². The summed E-state index contributed by atoms with van der Waals surface area (Å²) >= 11 is 1.97. The number of likely N-dealkylation sites (tertiary alicyclic amines) is 1. The normalized spacial score (nSPS) is 18.8. The van der Waals surface area contributed by atoms with E-state index in [1.165, 1.54) is 57.4 Å². The van der Waals surface area contributed by atoms with Gasteiger partial charge in [-0.2, -0.15) is 11.8 Å². The van der Waals surface area contributed by atoms with Crippen LogP contribution < -0.4 is 5.32 Å². The summed E-state index contributed by atoms with van der Waals surface area (Å²) in [6.07, 6.45) is 7.29. The van der Waals surface area contributed by atoms with Gasteiger partial charge in [0, 0.05) is 17.8 Å². The Bertz CT molecular complexity index is 374. The van der Waals surface area contributed by atoms with E-state index in [4.69, 9.17) is 0 Å². The third kappa shape index (κ3) is 6.41. The van der Waals surface area contributed by atoms with Gasteiger partial charge in [0.05, 0.1) is 0 Å². The van der Waals surface area contributed by atoms with Crippen molar-refractivity contribution < 1.29 is 0 Å². The summed E-state index contributed by atoms with van der Waals surface area (Å²) in [5.41, 5.74) is 1.46. The minimum atomic E-state index is 0.743. The van der Waals surface area contributed by atoms with Gasteiger partial charge in [-0.15, -0.1) is 0 Å². The first kappa shape index (κ1) is 16.9. The van der Waals surface area contributed by atoms with E-state index in [-0.39, 0.29) is 0 Å². The Kier molecular flexibility index (Phi) is 7.62. The maximum atomic E-state index is 3.74. The lowest BCUT2D eigenvalue weighted by atomic mass is 10.0. The summed E-state index contributed by atoms with van der Waals surface area (Å²) in [6, 6.07) is 11.6. The van der Waals surface area contributed by atoms with Crippen LogP contribution in [0.15, 0.2) is 30.3 Å². The molecule has 1 fully saturated rings. The highest BCUT2D eigenvalue weighted by Crippen LogP contribution is 2.13. The second kappa shape index (κ2) is 9.50. The largest absolute Gasteiger partial charge is 0.314 e. The van der Waals surface area contributed by atoms with E-state index in [9.17, 15) is 0 Å². The standard InChI is InChI=1S/C18H30N2S/c1-16(21-2)8-12-19-18-10-14-20(15-11-18)13-9-17-6-4-3-5-7-17/h3-7,16,18-19H,8-15H2,1-2H3. The van der Waals surface area contributed by atoms with E-state index < -0.39 is 0 Å². The molecule has 1 saturated heterocycles. The van der Waals surface area contributed by atoms with Crippen molar-refractivity contribution in [1.82, 2.24) is 10.2 Å². The molecule has 1 aliphatic heterocycles. The van der Waals surface area contributed by atoms with Crippen LogP contribution in [0.2, 0.25) is 0 Å². The zero-order chi connectivity index (χ0) is 14.9. The molecule has 2 rings (SSSR count). The van der Waals surface area contributed by atoms with Crippen LogP contribution in [0, 0.1) is 0 Å². The second-order valence-corrected chi connectivity index (χ2v) is 7.42. The summed E-state index contributed by atoms with van der Waals surface area (Å²) in [6.45, 7) is 7.21. The Hall–Kier alpha value is -0.510. The van der Waals surface area contributed by atoms with Crippen LogP contribution >= 0.6 is 11.8 Å². The molecule has 1 aliphatic rings. The maximum absolute atomic E-state index is 3.74. The van der Waals surface area contributed by atoms with E-state index in [0.717, 1.165) is 11.3 Å². The first-order valence-corrected chi connectivity index (χ1v) is 9.59. The van der Waals surface area contributed by atoms with Crippen LogP contribution in [0.3, 0.4) is 0 Å². The zero-order valence-electron chi connectivity index (χ0n) is 13.6. The number of hydrogen-bond acceptors (Lipinski definition) is 3. The molecule has 1 heterocycles. The molecule has 0 radical (unpaired) electrons. The minimum absolute atomic E-state index is 0.743. The molecule has 1 atom stereocenters. The summed E-state index contributed by atoms with van der Waals surface area (Å²) in [5, 5.41) is 4.52. The molecule has 1 aromatic carbocycles. The number of nitrogens with one attached hydrogen (secondary N) is 1. The van der Waals surface area contributed by atoms with Crippen LogP contribution in [0.25, 0.3) is 0 Å². The average molecular weight is 307 g/mol. The van der Waals surface area contributed by atoms with Gasteiger partial charge in [-0.1, -0.05) is 37.3 Å². The average Bonchev–Trinajstić information content (AvgIpc) is 2.55. The van der Waals surface area contributed by atoms with E-state index in [1.807, 2.05) is 11.8 Å². The fraction of sp³-hybridized carbons (Fsp3) is 0.667. The molecule has 0 saturated carbocycles. The summed E-state index contributed by atoms with van der Waals surface area (Å²) < 4.78 is 0. The Morgan fingerprint density at radius 1 is 1.24 bits per heavy atom. The molecule has 3 heteroatoms. The van der Waals surface area contributed by atoms with Gasteiger partial charge in [0.2, 0.25) is 0 Å². The second-order valence-electron chi connectivity index (χ2n) is 6.14. The molecule has 0 spiro atoms. The van der Waals surface area contributed by atoms with E-state index in [1.54, 1.807) is 0 Å². The van der Waals surface area contributed by atoms with Crippen LogP contribution in [0.4, 0.5) is 0 Å².